The topological polar surface area (TPSA) is 53.4 Å². The van der Waals surface area contributed by atoms with E-state index in [4.69, 9.17) is 9.47 Å². The Morgan fingerprint density at radius 3 is 2.54 bits per heavy atom. The standard InChI is InChI=1S/C20H19IN2O3/c1-15-2-4-16(5-3-15)20(24)26-19(12-23-11-10-22-14-23)13-25-18-8-6-17(21)7-9-18/h2-11,14,19H,12-13H2,1H3/t19-/m1/s1. The van der Waals surface area contributed by atoms with Gasteiger partial charge in [0.1, 0.15) is 12.4 Å². The van der Waals surface area contributed by atoms with Gasteiger partial charge in [0.05, 0.1) is 18.4 Å². The number of halogens is 1. The van der Waals surface area contributed by atoms with E-state index in [0.29, 0.717) is 12.1 Å². The second-order valence-electron chi connectivity index (χ2n) is 5.92. The van der Waals surface area contributed by atoms with E-state index in [1.54, 1.807) is 24.7 Å². The number of hydrogen-bond donors (Lipinski definition) is 0. The highest BCUT2D eigenvalue weighted by Gasteiger charge is 2.18. The van der Waals surface area contributed by atoms with Crippen molar-refractivity contribution in [1.29, 1.82) is 0 Å². The highest BCUT2D eigenvalue weighted by Crippen LogP contribution is 2.15. The van der Waals surface area contributed by atoms with Crippen LogP contribution in [0.15, 0.2) is 67.3 Å². The molecular weight excluding hydrogens is 443 g/mol. The fraction of sp³-hybridized carbons (Fsp3) is 0.200. The van der Waals surface area contributed by atoms with E-state index in [0.717, 1.165) is 14.9 Å². The molecule has 0 saturated heterocycles. The maximum absolute atomic E-state index is 12.4. The molecule has 6 heteroatoms. The molecular formula is C20H19IN2O3. The monoisotopic (exact) mass is 462 g/mol. The van der Waals surface area contributed by atoms with Crippen LogP contribution in [0.4, 0.5) is 0 Å². The molecule has 0 saturated carbocycles. The zero-order chi connectivity index (χ0) is 18.4. The van der Waals surface area contributed by atoms with Crippen LogP contribution in [-0.4, -0.2) is 28.2 Å². The first-order valence-corrected chi connectivity index (χ1v) is 9.30. The van der Waals surface area contributed by atoms with Gasteiger partial charge in [-0.05, 0) is 65.9 Å². The smallest absolute Gasteiger partial charge is 0.338 e. The summed E-state index contributed by atoms with van der Waals surface area (Å²) in [5.41, 5.74) is 1.62. The van der Waals surface area contributed by atoms with E-state index in [-0.39, 0.29) is 12.6 Å². The summed E-state index contributed by atoms with van der Waals surface area (Å²) in [4.78, 5) is 16.5. The Morgan fingerprint density at radius 2 is 1.88 bits per heavy atom. The van der Waals surface area contributed by atoms with Crippen molar-refractivity contribution >= 4 is 28.6 Å². The van der Waals surface area contributed by atoms with E-state index >= 15 is 0 Å². The van der Waals surface area contributed by atoms with Crippen LogP contribution in [0.25, 0.3) is 0 Å². The Balaban J connectivity index is 1.66. The van der Waals surface area contributed by atoms with Crippen LogP contribution in [0.3, 0.4) is 0 Å². The Bertz CT molecular complexity index is 831. The zero-order valence-electron chi connectivity index (χ0n) is 14.3. The molecule has 0 N–H and O–H groups in total. The first-order chi connectivity index (χ1) is 12.6. The SMILES string of the molecule is Cc1ccc(C(=O)O[C@@H](COc2ccc(I)cc2)Cn2ccnc2)cc1. The lowest BCUT2D eigenvalue weighted by molar-refractivity contribution is 0.0125. The maximum Gasteiger partial charge on any atom is 0.338 e. The van der Waals surface area contributed by atoms with E-state index in [2.05, 4.69) is 27.6 Å². The number of carbonyl (C=O) groups excluding carboxylic acids is 1. The molecule has 2 aromatic carbocycles. The first kappa shape index (κ1) is 18.4. The van der Waals surface area contributed by atoms with Crippen LogP contribution >= 0.6 is 22.6 Å². The van der Waals surface area contributed by atoms with Crippen LogP contribution < -0.4 is 4.74 Å². The summed E-state index contributed by atoms with van der Waals surface area (Å²) in [6.45, 7) is 2.71. The number of aryl methyl sites for hydroxylation is 1. The number of rotatable bonds is 7. The fourth-order valence-electron chi connectivity index (χ4n) is 2.38. The van der Waals surface area contributed by atoms with Gasteiger partial charge in [-0.1, -0.05) is 17.7 Å². The summed E-state index contributed by atoms with van der Waals surface area (Å²) in [7, 11) is 0. The number of carbonyl (C=O) groups is 1. The Morgan fingerprint density at radius 1 is 1.15 bits per heavy atom. The molecule has 0 fully saturated rings. The van der Waals surface area contributed by atoms with Crippen LogP contribution in [0.5, 0.6) is 5.75 Å². The van der Waals surface area contributed by atoms with Gasteiger partial charge in [-0.15, -0.1) is 0 Å². The van der Waals surface area contributed by atoms with Gasteiger partial charge in [0.25, 0.3) is 0 Å². The Hall–Kier alpha value is -2.35. The quantitative estimate of drug-likeness (QED) is 0.392. The highest BCUT2D eigenvalue weighted by atomic mass is 127. The second kappa shape index (κ2) is 8.84. The third kappa shape index (κ3) is 5.32. The summed E-state index contributed by atoms with van der Waals surface area (Å²) in [6.07, 6.45) is 4.78. The lowest BCUT2D eigenvalue weighted by Gasteiger charge is -2.19. The minimum absolute atomic E-state index is 0.260. The molecule has 134 valence electrons. The lowest BCUT2D eigenvalue weighted by Crippen LogP contribution is -2.29. The summed E-state index contributed by atoms with van der Waals surface area (Å²) in [5.74, 6) is 0.383. The van der Waals surface area contributed by atoms with E-state index in [1.807, 2.05) is 54.1 Å². The average molecular weight is 462 g/mol. The molecule has 26 heavy (non-hydrogen) atoms. The van der Waals surface area contributed by atoms with Crippen molar-refractivity contribution in [3.8, 4) is 5.75 Å². The number of esters is 1. The second-order valence-corrected chi connectivity index (χ2v) is 7.16. The van der Waals surface area contributed by atoms with Gasteiger partial charge >= 0.3 is 5.97 Å². The van der Waals surface area contributed by atoms with E-state index in [9.17, 15) is 4.79 Å². The van der Waals surface area contributed by atoms with Crippen LogP contribution in [0.2, 0.25) is 0 Å². The average Bonchev–Trinajstić information content (AvgIpc) is 3.14. The minimum Gasteiger partial charge on any atom is -0.490 e. The molecule has 1 heterocycles. The lowest BCUT2D eigenvalue weighted by atomic mass is 10.1. The summed E-state index contributed by atoms with van der Waals surface area (Å²) in [6, 6.07) is 15.1. The molecule has 1 atom stereocenters. The zero-order valence-corrected chi connectivity index (χ0v) is 16.5. The minimum atomic E-state index is -0.433. The van der Waals surface area contributed by atoms with Crippen molar-refractivity contribution in [2.45, 2.75) is 19.6 Å². The normalized spacial score (nSPS) is 11.8. The number of hydrogen-bond acceptors (Lipinski definition) is 4. The third-order valence-corrected chi connectivity index (χ3v) is 4.50. The number of imidazole rings is 1. The number of aromatic nitrogens is 2. The molecule has 0 bridgehead atoms. The molecule has 0 spiro atoms. The van der Waals surface area contributed by atoms with Crippen molar-refractivity contribution in [3.63, 3.8) is 0 Å². The van der Waals surface area contributed by atoms with Crippen LogP contribution in [-0.2, 0) is 11.3 Å². The van der Waals surface area contributed by atoms with Crippen molar-refractivity contribution in [2.75, 3.05) is 6.61 Å². The van der Waals surface area contributed by atoms with Gasteiger partial charge in [-0.2, -0.15) is 0 Å². The van der Waals surface area contributed by atoms with E-state index < -0.39 is 6.10 Å². The van der Waals surface area contributed by atoms with Gasteiger partial charge < -0.3 is 14.0 Å². The summed E-state index contributed by atoms with van der Waals surface area (Å²) in [5, 5.41) is 0. The molecule has 0 unspecified atom stereocenters. The number of benzene rings is 2. The van der Waals surface area contributed by atoms with Crippen molar-refractivity contribution in [2.24, 2.45) is 0 Å². The predicted molar refractivity (Wildman–Crippen MR) is 107 cm³/mol. The number of nitrogens with zero attached hydrogens (tertiary/aromatic N) is 2. The molecule has 5 nitrogen and oxygen atoms in total. The van der Waals surface area contributed by atoms with Crippen molar-refractivity contribution in [3.05, 3.63) is 81.9 Å². The van der Waals surface area contributed by atoms with Gasteiger partial charge in [0.2, 0.25) is 0 Å². The molecule has 0 aliphatic rings. The molecule has 1 aromatic heterocycles. The Kier molecular flexibility index (Phi) is 6.27. The molecule has 3 aromatic rings. The molecule has 0 radical (unpaired) electrons. The van der Waals surface area contributed by atoms with Crippen LogP contribution in [0, 0.1) is 10.5 Å². The number of ether oxygens (including phenoxy) is 2. The van der Waals surface area contributed by atoms with Crippen molar-refractivity contribution in [1.82, 2.24) is 9.55 Å². The predicted octanol–water partition coefficient (Wildman–Crippen LogP) is 4.10. The highest BCUT2D eigenvalue weighted by molar-refractivity contribution is 14.1. The third-order valence-electron chi connectivity index (χ3n) is 3.78. The molecule has 3 rings (SSSR count). The van der Waals surface area contributed by atoms with Gasteiger partial charge in [0, 0.05) is 16.0 Å². The summed E-state index contributed by atoms with van der Waals surface area (Å²) >= 11 is 2.24. The maximum atomic E-state index is 12.4. The Labute approximate surface area is 166 Å². The van der Waals surface area contributed by atoms with Crippen molar-refractivity contribution < 1.29 is 14.3 Å². The van der Waals surface area contributed by atoms with Crippen LogP contribution in [0.1, 0.15) is 15.9 Å². The first-order valence-electron chi connectivity index (χ1n) is 8.22. The largest absolute Gasteiger partial charge is 0.490 e. The van der Waals surface area contributed by atoms with E-state index in [1.165, 1.54) is 0 Å². The fourth-order valence-corrected chi connectivity index (χ4v) is 2.74. The molecule has 0 amide bonds. The molecule has 0 aliphatic carbocycles. The molecule has 0 aliphatic heterocycles. The van der Waals surface area contributed by atoms with Gasteiger partial charge in [-0.25, -0.2) is 9.78 Å². The van der Waals surface area contributed by atoms with Gasteiger partial charge in [-0.3, -0.25) is 0 Å². The summed E-state index contributed by atoms with van der Waals surface area (Å²) < 4.78 is 14.5. The van der Waals surface area contributed by atoms with Gasteiger partial charge in [0.15, 0.2) is 6.10 Å².